The van der Waals surface area contributed by atoms with E-state index >= 15 is 4.39 Å². The third kappa shape index (κ3) is 1.86. The Morgan fingerprint density at radius 1 is 1.23 bits per heavy atom. The fourth-order valence-electron chi connectivity index (χ4n) is 6.11. The van der Waals surface area contributed by atoms with Crippen LogP contribution in [0, 0.1) is 22.7 Å². The Kier molecular flexibility index (Phi) is 3.58. The molecule has 0 aromatic heterocycles. The molecule has 140 valence electrons. The van der Waals surface area contributed by atoms with E-state index in [1.807, 2.05) is 13.8 Å². The molecule has 0 amide bonds. The molecule has 4 nitrogen and oxygen atoms in total. The Labute approximate surface area is 152 Å². The van der Waals surface area contributed by atoms with Gasteiger partial charge in [0.05, 0.1) is 0 Å². The summed E-state index contributed by atoms with van der Waals surface area (Å²) in [5, 5.41) is 20.4. The first-order valence-corrected chi connectivity index (χ1v) is 9.32. The van der Waals surface area contributed by atoms with Gasteiger partial charge in [0, 0.05) is 16.7 Å². The third-order valence-corrected chi connectivity index (χ3v) is 7.87. The van der Waals surface area contributed by atoms with Gasteiger partial charge in [-0.15, -0.1) is 0 Å². The highest BCUT2D eigenvalue weighted by Crippen LogP contribution is 2.67. The molecule has 0 aliphatic heterocycles. The van der Waals surface area contributed by atoms with Gasteiger partial charge in [-0.25, -0.2) is 4.39 Å². The number of fused-ring (bicyclic) bond motifs is 5. The van der Waals surface area contributed by atoms with Crippen LogP contribution in [-0.2, 0) is 9.59 Å². The Morgan fingerprint density at radius 2 is 1.96 bits per heavy atom. The van der Waals surface area contributed by atoms with E-state index in [0.29, 0.717) is 19.3 Å². The number of carbonyl (C=O) groups excluding carboxylic acids is 2. The molecule has 0 aromatic carbocycles. The number of Topliss-reactive ketones (excluding diaryl/α,β-unsaturated/α-hetero) is 1. The van der Waals surface area contributed by atoms with Gasteiger partial charge in [0.25, 0.3) is 0 Å². The summed E-state index contributed by atoms with van der Waals surface area (Å²) in [4.78, 5) is 24.0. The molecule has 2 fully saturated rings. The molecule has 0 spiro atoms. The topological polar surface area (TPSA) is 74.6 Å². The van der Waals surface area contributed by atoms with Crippen molar-refractivity contribution in [3.8, 4) is 0 Å². The van der Waals surface area contributed by atoms with Gasteiger partial charge in [0.2, 0.25) is 0 Å². The number of halogens is 1. The summed E-state index contributed by atoms with van der Waals surface area (Å²) >= 11 is 0. The maximum absolute atomic E-state index is 16.5. The molecular formula is C21H25FO4. The summed E-state index contributed by atoms with van der Waals surface area (Å²) in [6.07, 6.45) is 9.84. The van der Waals surface area contributed by atoms with Crippen LogP contribution in [0.1, 0.15) is 39.5 Å². The van der Waals surface area contributed by atoms with Gasteiger partial charge in [-0.1, -0.05) is 24.6 Å². The highest BCUT2D eigenvalue weighted by Gasteiger charge is 2.69. The lowest BCUT2D eigenvalue weighted by Crippen LogP contribution is -2.61. The standard InChI is InChI=1S/C21H25FO4/c1-18-7-5-14(24)11-13(18)3-4-16-15-6-8-21(26,17(25)12-23)19(15,2)9-10-20(16,18)22/h5,7,9-11,15-16,23,26H,3-4,6,8,12H2,1-2H3/t15-,16-,18-,19-,20+,21-/m0/s1. The van der Waals surface area contributed by atoms with Crippen molar-refractivity contribution >= 4 is 11.6 Å². The van der Waals surface area contributed by atoms with E-state index in [4.69, 9.17) is 0 Å². The molecule has 0 bridgehead atoms. The van der Waals surface area contributed by atoms with Crippen molar-refractivity contribution in [1.82, 2.24) is 0 Å². The van der Waals surface area contributed by atoms with Crippen molar-refractivity contribution in [2.24, 2.45) is 22.7 Å². The second kappa shape index (κ2) is 5.23. The lowest BCUT2D eigenvalue weighted by molar-refractivity contribution is -0.154. The first-order chi connectivity index (χ1) is 12.1. The van der Waals surface area contributed by atoms with Crippen molar-refractivity contribution < 1.29 is 24.2 Å². The smallest absolute Gasteiger partial charge is 0.190 e. The van der Waals surface area contributed by atoms with E-state index in [1.54, 1.807) is 18.2 Å². The van der Waals surface area contributed by atoms with Crippen molar-refractivity contribution in [2.75, 3.05) is 6.61 Å². The van der Waals surface area contributed by atoms with E-state index in [1.165, 1.54) is 12.2 Å². The number of alkyl halides is 1. The van der Waals surface area contributed by atoms with E-state index in [2.05, 4.69) is 0 Å². The van der Waals surface area contributed by atoms with E-state index in [0.717, 1.165) is 5.57 Å². The average Bonchev–Trinajstić information content (AvgIpc) is 2.88. The minimum atomic E-state index is -1.66. The molecule has 4 aliphatic carbocycles. The molecule has 0 aromatic rings. The zero-order chi connectivity index (χ0) is 19.0. The van der Waals surface area contributed by atoms with Crippen molar-refractivity contribution in [2.45, 2.75) is 50.8 Å². The number of hydrogen-bond donors (Lipinski definition) is 2. The van der Waals surface area contributed by atoms with Crippen LogP contribution in [0.15, 0.2) is 36.0 Å². The Hall–Kier alpha value is -1.59. The highest BCUT2D eigenvalue weighted by atomic mass is 19.1. The summed E-state index contributed by atoms with van der Waals surface area (Å²) in [6, 6.07) is 0. The molecule has 0 saturated heterocycles. The summed E-state index contributed by atoms with van der Waals surface area (Å²) in [7, 11) is 0. The predicted octanol–water partition coefficient (Wildman–Crippen LogP) is 2.45. The lowest BCUT2D eigenvalue weighted by atomic mass is 9.48. The van der Waals surface area contributed by atoms with Crippen LogP contribution in [0.5, 0.6) is 0 Å². The highest BCUT2D eigenvalue weighted by molar-refractivity contribution is 6.01. The van der Waals surface area contributed by atoms with Crippen LogP contribution in [-0.4, -0.2) is 39.7 Å². The Bertz CT molecular complexity index is 783. The predicted molar refractivity (Wildman–Crippen MR) is 93.9 cm³/mol. The second-order valence-corrected chi connectivity index (χ2v) is 8.72. The summed E-state index contributed by atoms with van der Waals surface area (Å²) in [6.45, 7) is 2.93. The summed E-state index contributed by atoms with van der Waals surface area (Å²) < 4.78 is 16.5. The molecule has 0 radical (unpaired) electrons. The molecule has 2 N–H and O–H groups in total. The number of aliphatic hydroxyl groups excluding tert-OH is 1. The van der Waals surface area contributed by atoms with Crippen molar-refractivity contribution in [1.29, 1.82) is 0 Å². The molecule has 26 heavy (non-hydrogen) atoms. The molecule has 4 rings (SSSR count). The number of rotatable bonds is 2. The molecular weight excluding hydrogens is 335 g/mol. The SMILES string of the molecule is C[C@]12C=CC(=O)C=C1CC[C@H]1[C@@H]3CC[C@](O)(C(=O)CO)[C@@]3(C)C=C[C@@]12F. The minimum absolute atomic E-state index is 0.104. The first kappa shape index (κ1) is 17.8. The van der Waals surface area contributed by atoms with Crippen LogP contribution in [0.2, 0.25) is 0 Å². The largest absolute Gasteiger partial charge is 0.388 e. The van der Waals surface area contributed by atoms with Crippen LogP contribution < -0.4 is 0 Å². The second-order valence-electron chi connectivity index (χ2n) is 8.72. The van der Waals surface area contributed by atoms with Gasteiger partial charge >= 0.3 is 0 Å². The maximum Gasteiger partial charge on any atom is 0.190 e. The van der Waals surface area contributed by atoms with Gasteiger partial charge in [0.1, 0.15) is 17.9 Å². The quantitative estimate of drug-likeness (QED) is 0.742. The van der Waals surface area contributed by atoms with Gasteiger partial charge < -0.3 is 10.2 Å². The molecule has 5 heteroatoms. The van der Waals surface area contributed by atoms with Crippen LogP contribution in [0.25, 0.3) is 0 Å². The Balaban J connectivity index is 1.83. The lowest BCUT2D eigenvalue weighted by Gasteiger charge is -2.57. The average molecular weight is 360 g/mol. The van der Waals surface area contributed by atoms with Crippen molar-refractivity contribution in [3.05, 3.63) is 36.0 Å². The monoisotopic (exact) mass is 360 g/mol. The van der Waals surface area contributed by atoms with E-state index < -0.39 is 34.5 Å². The maximum atomic E-state index is 16.5. The minimum Gasteiger partial charge on any atom is -0.388 e. The third-order valence-electron chi connectivity index (χ3n) is 7.87. The van der Waals surface area contributed by atoms with Gasteiger partial charge in [-0.3, -0.25) is 9.59 Å². The molecule has 0 unspecified atom stereocenters. The number of allylic oxidation sites excluding steroid dienone is 5. The normalized spacial score (nSPS) is 49.3. The van der Waals surface area contributed by atoms with E-state index in [-0.39, 0.29) is 24.0 Å². The van der Waals surface area contributed by atoms with Crippen molar-refractivity contribution in [3.63, 3.8) is 0 Å². The number of ketones is 2. The number of hydrogen-bond acceptors (Lipinski definition) is 4. The van der Waals surface area contributed by atoms with E-state index in [9.17, 15) is 19.8 Å². The van der Waals surface area contributed by atoms with Gasteiger partial charge in [0.15, 0.2) is 11.6 Å². The first-order valence-electron chi connectivity index (χ1n) is 9.32. The molecule has 4 aliphatic rings. The number of carbonyl (C=O) groups is 2. The Morgan fingerprint density at radius 3 is 2.65 bits per heavy atom. The van der Waals surface area contributed by atoms with Gasteiger partial charge in [-0.2, -0.15) is 0 Å². The van der Waals surface area contributed by atoms with Crippen LogP contribution >= 0.6 is 0 Å². The summed E-state index contributed by atoms with van der Waals surface area (Å²) in [5.74, 6) is -1.24. The van der Waals surface area contributed by atoms with Crippen LogP contribution in [0.4, 0.5) is 4.39 Å². The molecule has 6 atom stereocenters. The van der Waals surface area contributed by atoms with Gasteiger partial charge in [-0.05, 0) is 56.8 Å². The number of aliphatic hydroxyl groups is 2. The fraction of sp³-hybridized carbons (Fsp3) is 0.619. The molecule has 2 saturated carbocycles. The van der Waals surface area contributed by atoms with Crippen LogP contribution in [0.3, 0.4) is 0 Å². The zero-order valence-electron chi connectivity index (χ0n) is 15.2. The fourth-order valence-corrected chi connectivity index (χ4v) is 6.11. The summed E-state index contributed by atoms with van der Waals surface area (Å²) in [5.41, 5.74) is -4.27. The zero-order valence-corrected chi connectivity index (χ0v) is 15.2. The molecule has 0 heterocycles.